The lowest BCUT2D eigenvalue weighted by atomic mass is 10.1. The second-order valence-corrected chi connectivity index (χ2v) is 3.33. The Morgan fingerprint density at radius 2 is 2.14 bits per heavy atom. The first kappa shape index (κ1) is 9.13. The molecule has 0 atom stereocenters. The molecule has 74 valence electrons. The summed E-state index contributed by atoms with van der Waals surface area (Å²) in [6.45, 7) is 4.13. The van der Waals surface area contributed by atoms with E-state index >= 15 is 0 Å². The van der Waals surface area contributed by atoms with Crippen molar-refractivity contribution in [1.29, 1.82) is 0 Å². The molecule has 0 fully saturated rings. The topological polar surface area (TPSA) is 22.4 Å². The molecule has 0 radical (unpaired) electrons. The number of furan rings is 1. The Bertz CT molecular complexity index is 455. The minimum absolute atomic E-state index is 0.810. The Morgan fingerprint density at radius 3 is 2.79 bits per heavy atom. The van der Waals surface area contributed by atoms with Crippen LogP contribution in [0.3, 0.4) is 0 Å². The number of methoxy groups -OCH3 is 1. The van der Waals surface area contributed by atoms with Crippen LogP contribution in [0.4, 0.5) is 0 Å². The van der Waals surface area contributed by atoms with Crippen molar-refractivity contribution in [2.45, 2.75) is 20.3 Å². The van der Waals surface area contributed by atoms with Crippen LogP contribution in [0, 0.1) is 6.92 Å². The van der Waals surface area contributed by atoms with Crippen LogP contribution in [-0.2, 0) is 6.42 Å². The smallest absolute Gasteiger partial charge is 0.176 e. The van der Waals surface area contributed by atoms with Crippen molar-refractivity contribution in [3.05, 3.63) is 29.5 Å². The zero-order valence-corrected chi connectivity index (χ0v) is 8.76. The Balaban J connectivity index is 2.79. The van der Waals surface area contributed by atoms with Crippen molar-refractivity contribution in [2.75, 3.05) is 7.11 Å². The van der Waals surface area contributed by atoms with Gasteiger partial charge in [-0.2, -0.15) is 0 Å². The highest BCUT2D eigenvalue weighted by molar-refractivity contribution is 5.87. The third-order valence-electron chi connectivity index (χ3n) is 2.56. The quantitative estimate of drug-likeness (QED) is 0.724. The molecule has 1 aromatic heterocycles. The van der Waals surface area contributed by atoms with Crippen LogP contribution in [0.5, 0.6) is 5.75 Å². The molecule has 1 aromatic carbocycles. The minimum Gasteiger partial charge on any atom is -0.493 e. The number of para-hydroxylation sites is 1. The Labute approximate surface area is 83.5 Å². The van der Waals surface area contributed by atoms with Crippen LogP contribution >= 0.6 is 0 Å². The summed E-state index contributed by atoms with van der Waals surface area (Å²) in [6.07, 6.45) is 0.992. The van der Waals surface area contributed by atoms with Gasteiger partial charge in [0.1, 0.15) is 5.76 Å². The van der Waals surface area contributed by atoms with E-state index < -0.39 is 0 Å². The molecule has 0 saturated carbocycles. The summed E-state index contributed by atoms with van der Waals surface area (Å²) >= 11 is 0. The summed E-state index contributed by atoms with van der Waals surface area (Å²) in [7, 11) is 1.66. The number of fused-ring (bicyclic) bond motifs is 1. The fourth-order valence-electron chi connectivity index (χ4n) is 1.86. The molecule has 0 aliphatic heterocycles. The number of ether oxygens (including phenoxy) is 1. The van der Waals surface area contributed by atoms with Gasteiger partial charge in [0.25, 0.3) is 0 Å². The molecule has 0 bridgehead atoms. The molecule has 0 amide bonds. The molecule has 0 aliphatic rings. The van der Waals surface area contributed by atoms with Crippen molar-refractivity contribution < 1.29 is 9.15 Å². The molecule has 0 spiro atoms. The van der Waals surface area contributed by atoms with E-state index in [9.17, 15) is 0 Å². The molecule has 14 heavy (non-hydrogen) atoms. The fourth-order valence-corrected chi connectivity index (χ4v) is 1.86. The monoisotopic (exact) mass is 190 g/mol. The highest BCUT2D eigenvalue weighted by Crippen LogP contribution is 2.32. The lowest BCUT2D eigenvalue weighted by Gasteiger charge is -1.99. The first-order valence-corrected chi connectivity index (χ1v) is 4.83. The van der Waals surface area contributed by atoms with Gasteiger partial charge in [-0.15, -0.1) is 0 Å². The van der Waals surface area contributed by atoms with E-state index in [0.717, 1.165) is 23.5 Å². The van der Waals surface area contributed by atoms with Gasteiger partial charge in [0, 0.05) is 10.9 Å². The summed E-state index contributed by atoms with van der Waals surface area (Å²) < 4.78 is 10.9. The van der Waals surface area contributed by atoms with E-state index in [1.165, 1.54) is 10.9 Å². The van der Waals surface area contributed by atoms with E-state index in [1.54, 1.807) is 7.11 Å². The van der Waals surface area contributed by atoms with Crippen molar-refractivity contribution in [2.24, 2.45) is 0 Å². The van der Waals surface area contributed by atoms with Crippen LogP contribution in [0.15, 0.2) is 22.6 Å². The van der Waals surface area contributed by atoms with Gasteiger partial charge in [-0.25, -0.2) is 0 Å². The Kier molecular flexibility index (Phi) is 2.20. The average Bonchev–Trinajstić information content (AvgIpc) is 2.52. The maximum Gasteiger partial charge on any atom is 0.176 e. The molecular formula is C12H14O2. The first-order chi connectivity index (χ1) is 6.77. The highest BCUT2D eigenvalue weighted by atomic mass is 16.5. The maximum absolute atomic E-state index is 5.69. The molecule has 0 saturated heterocycles. The van der Waals surface area contributed by atoms with Crippen LogP contribution in [0.25, 0.3) is 11.0 Å². The zero-order chi connectivity index (χ0) is 10.1. The first-order valence-electron chi connectivity index (χ1n) is 4.83. The largest absolute Gasteiger partial charge is 0.493 e. The maximum atomic E-state index is 5.69. The van der Waals surface area contributed by atoms with Gasteiger partial charge < -0.3 is 9.15 Å². The van der Waals surface area contributed by atoms with Crippen LogP contribution in [-0.4, -0.2) is 7.11 Å². The number of hydrogen-bond acceptors (Lipinski definition) is 2. The second kappa shape index (κ2) is 3.37. The van der Waals surface area contributed by atoms with Gasteiger partial charge in [0.05, 0.1) is 7.11 Å². The Hall–Kier alpha value is -1.44. The third kappa shape index (κ3) is 1.18. The average molecular weight is 190 g/mol. The summed E-state index contributed by atoms with van der Waals surface area (Å²) in [5, 5.41) is 1.17. The fraction of sp³-hybridized carbons (Fsp3) is 0.333. The number of hydrogen-bond donors (Lipinski definition) is 0. The molecule has 2 nitrogen and oxygen atoms in total. The van der Waals surface area contributed by atoms with E-state index in [4.69, 9.17) is 9.15 Å². The third-order valence-corrected chi connectivity index (χ3v) is 2.56. The standard InChI is InChI=1S/C12H14O2/c1-4-9-8(2)14-12-10(9)6-5-7-11(12)13-3/h5-7H,4H2,1-3H3. The van der Waals surface area contributed by atoms with Gasteiger partial charge in [-0.1, -0.05) is 19.1 Å². The minimum atomic E-state index is 0.810. The van der Waals surface area contributed by atoms with Gasteiger partial charge in [0.15, 0.2) is 11.3 Å². The summed E-state index contributed by atoms with van der Waals surface area (Å²) in [5.41, 5.74) is 2.14. The van der Waals surface area contributed by atoms with Crippen molar-refractivity contribution in [1.82, 2.24) is 0 Å². The molecular weight excluding hydrogens is 176 g/mol. The van der Waals surface area contributed by atoms with E-state index in [-0.39, 0.29) is 0 Å². The van der Waals surface area contributed by atoms with Crippen molar-refractivity contribution >= 4 is 11.0 Å². The van der Waals surface area contributed by atoms with Crippen molar-refractivity contribution in [3.8, 4) is 5.75 Å². The van der Waals surface area contributed by atoms with Crippen molar-refractivity contribution in [3.63, 3.8) is 0 Å². The Morgan fingerprint density at radius 1 is 1.36 bits per heavy atom. The number of benzene rings is 1. The lowest BCUT2D eigenvalue weighted by molar-refractivity contribution is 0.408. The highest BCUT2D eigenvalue weighted by Gasteiger charge is 2.12. The predicted octanol–water partition coefficient (Wildman–Crippen LogP) is 3.31. The SMILES string of the molecule is CCc1c(C)oc2c(OC)cccc12. The van der Waals surface area contributed by atoms with Crippen LogP contribution in [0.1, 0.15) is 18.2 Å². The van der Waals surface area contributed by atoms with E-state index in [1.807, 2.05) is 19.1 Å². The van der Waals surface area contributed by atoms with Crippen LogP contribution in [0.2, 0.25) is 0 Å². The normalized spacial score (nSPS) is 10.8. The molecule has 1 heterocycles. The van der Waals surface area contributed by atoms with Crippen LogP contribution < -0.4 is 4.74 Å². The van der Waals surface area contributed by atoms with Gasteiger partial charge >= 0.3 is 0 Å². The molecule has 0 aliphatic carbocycles. The zero-order valence-electron chi connectivity index (χ0n) is 8.76. The number of aryl methyl sites for hydroxylation is 2. The second-order valence-electron chi connectivity index (χ2n) is 3.33. The predicted molar refractivity (Wildman–Crippen MR) is 56.9 cm³/mol. The summed E-state index contributed by atoms with van der Waals surface area (Å²) in [5.74, 6) is 1.80. The lowest BCUT2D eigenvalue weighted by Crippen LogP contribution is -1.83. The molecule has 0 N–H and O–H groups in total. The van der Waals surface area contributed by atoms with Gasteiger partial charge in [0.2, 0.25) is 0 Å². The molecule has 0 unspecified atom stereocenters. The van der Waals surface area contributed by atoms with Gasteiger partial charge in [-0.05, 0) is 19.4 Å². The van der Waals surface area contributed by atoms with E-state index in [2.05, 4.69) is 13.0 Å². The summed E-state index contributed by atoms with van der Waals surface area (Å²) in [6, 6.07) is 5.99. The van der Waals surface area contributed by atoms with E-state index in [0.29, 0.717) is 0 Å². The molecule has 2 rings (SSSR count). The van der Waals surface area contributed by atoms with Gasteiger partial charge in [-0.3, -0.25) is 0 Å². The molecule has 2 heteroatoms. The summed E-state index contributed by atoms with van der Waals surface area (Å²) in [4.78, 5) is 0. The molecule has 2 aromatic rings. The number of rotatable bonds is 2.